The molecule has 0 aromatic carbocycles. The molecule has 3 nitrogen and oxygen atoms in total. The van der Waals surface area contributed by atoms with E-state index in [-0.39, 0.29) is 0 Å². The van der Waals surface area contributed by atoms with Gasteiger partial charge in [0.15, 0.2) is 0 Å². The van der Waals surface area contributed by atoms with Gasteiger partial charge in [0, 0.05) is 23.8 Å². The molecule has 0 radical (unpaired) electrons. The van der Waals surface area contributed by atoms with Crippen LogP contribution in [0.15, 0.2) is 6.07 Å². The lowest BCUT2D eigenvalue weighted by Crippen LogP contribution is -2.20. The van der Waals surface area contributed by atoms with E-state index in [4.69, 9.17) is 5.73 Å². The van der Waals surface area contributed by atoms with Crippen LogP contribution in [0.1, 0.15) is 49.9 Å². The van der Waals surface area contributed by atoms with Crippen LogP contribution in [0.5, 0.6) is 0 Å². The molecule has 3 N–H and O–H groups in total. The van der Waals surface area contributed by atoms with Gasteiger partial charge in [0.1, 0.15) is 5.82 Å². The van der Waals surface area contributed by atoms with E-state index in [1.54, 1.807) is 0 Å². The number of nitrogens with zero attached hydrogens (tertiary/aromatic N) is 1. The largest absolute Gasteiger partial charge is 0.367 e. The summed E-state index contributed by atoms with van der Waals surface area (Å²) in [7, 11) is 0. The lowest BCUT2D eigenvalue weighted by atomic mass is 9.92. The molecule has 1 heterocycles. The Morgan fingerprint density at radius 1 is 1.44 bits per heavy atom. The number of rotatable bonds is 3. The average Bonchev–Trinajstić information content (AvgIpc) is 2.57. The van der Waals surface area contributed by atoms with E-state index in [2.05, 4.69) is 37.1 Å². The van der Waals surface area contributed by atoms with Crippen molar-refractivity contribution in [3.63, 3.8) is 0 Å². The Morgan fingerprint density at radius 3 is 2.72 bits per heavy atom. The zero-order chi connectivity index (χ0) is 13.3. The van der Waals surface area contributed by atoms with Crippen LogP contribution in [0.4, 0.5) is 5.82 Å². The highest BCUT2D eigenvalue weighted by molar-refractivity contribution is 5.50. The molecule has 1 saturated carbocycles. The number of aromatic nitrogens is 1. The molecule has 1 atom stereocenters. The van der Waals surface area contributed by atoms with Crippen molar-refractivity contribution in [1.82, 2.24) is 4.98 Å². The predicted octanol–water partition coefficient (Wildman–Crippen LogP) is 3.15. The Bertz CT molecular complexity index is 438. The summed E-state index contributed by atoms with van der Waals surface area (Å²) >= 11 is 0. The second-order valence-electron chi connectivity index (χ2n) is 6.36. The van der Waals surface area contributed by atoms with Crippen LogP contribution in [-0.4, -0.2) is 11.0 Å². The Balaban J connectivity index is 2.19. The van der Waals surface area contributed by atoms with Gasteiger partial charge in [0.25, 0.3) is 0 Å². The fourth-order valence-corrected chi connectivity index (χ4v) is 2.99. The van der Waals surface area contributed by atoms with E-state index in [0.29, 0.717) is 18.0 Å². The van der Waals surface area contributed by atoms with Gasteiger partial charge in [0.2, 0.25) is 0 Å². The number of aryl methyl sites for hydroxylation is 2. The summed E-state index contributed by atoms with van der Waals surface area (Å²) in [6.45, 7) is 9.39. The first kappa shape index (κ1) is 13.3. The Kier molecular flexibility index (Phi) is 3.62. The van der Waals surface area contributed by atoms with Gasteiger partial charge in [-0.25, -0.2) is 4.98 Å². The fourth-order valence-electron chi connectivity index (χ4n) is 2.99. The second kappa shape index (κ2) is 4.88. The van der Waals surface area contributed by atoms with Crippen molar-refractivity contribution in [2.24, 2.45) is 11.1 Å². The molecule has 0 aliphatic heterocycles. The molecule has 0 bridgehead atoms. The summed E-state index contributed by atoms with van der Waals surface area (Å²) in [5.74, 6) is 0.998. The predicted molar refractivity (Wildman–Crippen MR) is 76.6 cm³/mol. The van der Waals surface area contributed by atoms with Crippen LogP contribution >= 0.6 is 0 Å². The van der Waals surface area contributed by atoms with Crippen LogP contribution in [-0.2, 0) is 6.54 Å². The molecule has 18 heavy (non-hydrogen) atoms. The molecule has 1 aromatic rings. The summed E-state index contributed by atoms with van der Waals surface area (Å²) in [6.07, 6.45) is 3.73. The first-order valence-corrected chi connectivity index (χ1v) is 6.85. The number of pyridine rings is 1. The van der Waals surface area contributed by atoms with Crippen molar-refractivity contribution in [1.29, 1.82) is 0 Å². The first-order chi connectivity index (χ1) is 8.41. The van der Waals surface area contributed by atoms with E-state index in [0.717, 1.165) is 17.1 Å². The molecule has 0 amide bonds. The molecule has 2 rings (SSSR count). The minimum absolute atomic E-state index is 0.458. The van der Waals surface area contributed by atoms with Gasteiger partial charge in [-0.2, -0.15) is 0 Å². The number of anilines is 1. The second-order valence-corrected chi connectivity index (χ2v) is 6.36. The summed E-state index contributed by atoms with van der Waals surface area (Å²) in [4.78, 5) is 4.62. The number of nitrogens with two attached hydrogens (primary N) is 1. The van der Waals surface area contributed by atoms with Crippen molar-refractivity contribution in [3.8, 4) is 0 Å². The molecule has 3 heteroatoms. The van der Waals surface area contributed by atoms with E-state index in [1.807, 2.05) is 6.92 Å². The third kappa shape index (κ3) is 2.83. The van der Waals surface area contributed by atoms with E-state index >= 15 is 0 Å². The van der Waals surface area contributed by atoms with E-state index in [9.17, 15) is 0 Å². The minimum atomic E-state index is 0.458. The zero-order valence-corrected chi connectivity index (χ0v) is 12.0. The molecule has 1 unspecified atom stereocenters. The molecular weight excluding hydrogens is 222 g/mol. The average molecular weight is 247 g/mol. The summed E-state index contributed by atoms with van der Waals surface area (Å²) < 4.78 is 0. The third-order valence-corrected chi connectivity index (χ3v) is 3.99. The number of hydrogen-bond acceptors (Lipinski definition) is 3. The normalized spacial score (nSPS) is 22.2. The highest BCUT2D eigenvalue weighted by Gasteiger charge is 2.31. The highest BCUT2D eigenvalue weighted by atomic mass is 15.0. The number of hydrogen-bond donors (Lipinski definition) is 2. The Labute approximate surface area is 110 Å². The SMILES string of the molecule is Cc1cc(C)c(CN)c(NC2CCC(C)(C)C2)n1. The van der Waals surface area contributed by atoms with E-state index < -0.39 is 0 Å². The van der Waals surface area contributed by atoms with Gasteiger partial charge in [-0.3, -0.25) is 0 Å². The van der Waals surface area contributed by atoms with E-state index in [1.165, 1.54) is 24.8 Å². The van der Waals surface area contributed by atoms with Crippen molar-refractivity contribution >= 4 is 5.82 Å². The quantitative estimate of drug-likeness (QED) is 0.862. The maximum Gasteiger partial charge on any atom is 0.131 e. The van der Waals surface area contributed by atoms with Crippen LogP contribution in [0.25, 0.3) is 0 Å². The standard InChI is InChI=1S/C15H25N3/c1-10-7-11(2)17-14(13(10)9-16)18-12-5-6-15(3,4)8-12/h7,12H,5-6,8-9,16H2,1-4H3,(H,17,18). The highest BCUT2D eigenvalue weighted by Crippen LogP contribution is 2.38. The van der Waals surface area contributed by atoms with Gasteiger partial charge in [-0.05, 0) is 50.2 Å². The van der Waals surface area contributed by atoms with Crippen molar-refractivity contribution in [3.05, 3.63) is 22.9 Å². The number of nitrogens with one attached hydrogen (secondary N) is 1. The van der Waals surface area contributed by atoms with Crippen LogP contribution < -0.4 is 11.1 Å². The lowest BCUT2D eigenvalue weighted by molar-refractivity contribution is 0.378. The van der Waals surface area contributed by atoms with Crippen LogP contribution in [0.3, 0.4) is 0 Å². The first-order valence-electron chi connectivity index (χ1n) is 6.85. The molecule has 1 aliphatic rings. The van der Waals surface area contributed by atoms with Gasteiger partial charge in [-0.1, -0.05) is 13.8 Å². The van der Waals surface area contributed by atoms with Crippen LogP contribution in [0.2, 0.25) is 0 Å². The van der Waals surface area contributed by atoms with Gasteiger partial charge in [0.05, 0.1) is 0 Å². The van der Waals surface area contributed by atoms with Crippen molar-refractivity contribution < 1.29 is 0 Å². The van der Waals surface area contributed by atoms with Crippen LogP contribution in [0, 0.1) is 19.3 Å². The molecule has 1 aliphatic carbocycles. The summed E-state index contributed by atoms with van der Waals surface area (Å²) in [5, 5.41) is 3.61. The van der Waals surface area contributed by atoms with Gasteiger partial charge >= 0.3 is 0 Å². The topological polar surface area (TPSA) is 50.9 Å². The summed E-state index contributed by atoms with van der Waals surface area (Å²) in [6, 6.07) is 2.64. The van der Waals surface area contributed by atoms with Gasteiger partial charge in [-0.15, -0.1) is 0 Å². The minimum Gasteiger partial charge on any atom is -0.367 e. The smallest absolute Gasteiger partial charge is 0.131 e. The molecular formula is C15H25N3. The Morgan fingerprint density at radius 2 is 2.17 bits per heavy atom. The summed E-state index contributed by atoms with van der Waals surface area (Å²) in [5.41, 5.74) is 9.76. The Hall–Kier alpha value is -1.09. The molecule has 0 saturated heterocycles. The van der Waals surface area contributed by atoms with Crippen molar-refractivity contribution in [2.45, 2.75) is 59.5 Å². The van der Waals surface area contributed by atoms with Crippen molar-refractivity contribution in [2.75, 3.05) is 5.32 Å². The molecule has 100 valence electrons. The fraction of sp³-hybridized carbons (Fsp3) is 0.667. The molecule has 0 spiro atoms. The molecule has 1 fully saturated rings. The monoisotopic (exact) mass is 247 g/mol. The maximum atomic E-state index is 5.85. The zero-order valence-electron chi connectivity index (χ0n) is 12.0. The third-order valence-electron chi connectivity index (χ3n) is 3.99. The maximum absolute atomic E-state index is 5.85. The van der Waals surface area contributed by atoms with Gasteiger partial charge < -0.3 is 11.1 Å². The molecule has 1 aromatic heterocycles. The lowest BCUT2D eigenvalue weighted by Gasteiger charge is -2.20.